The van der Waals surface area contributed by atoms with Crippen molar-refractivity contribution in [2.45, 2.75) is 25.3 Å². The van der Waals surface area contributed by atoms with Gasteiger partial charge < -0.3 is 14.4 Å². The maximum Gasteiger partial charge on any atom is 0.326 e. The molecule has 6 nitrogen and oxygen atoms in total. The highest BCUT2D eigenvalue weighted by atomic mass is 32.1. The van der Waals surface area contributed by atoms with E-state index in [0.29, 0.717) is 23.2 Å². The lowest BCUT2D eigenvalue weighted by atomic mass is 9.94. The molecule has 1 aliphatic heterocycles. The lowest BCUT2D eigenvalue weighted by Crippen LogP contribution is -2.43. The fraction of sp³-hybridized carbons (Fsp3) is 0.438. The molecule has 0 spiro atoms. The van der Waals surface area contributed by atoms with Crippen molar-refractivity contribution in [3.8, 4) is 10.6 Å². The van der Waals surface area contributed by atoms with Gasteiger partial charge in [-0.1, -0.05) is 6.42 Å². The van der Waals surface area contributed by atoms with Crippen LogP contribution in [-0.4, -0.2) is 39.5 Å². The number of carbonyl (C=O) groups is 2. The summed E-state index contributed by atoms with van der Waals surface area (Å²) in [6, 6.07) is 1.07. The molecule has 1 saturated carbocycles. The number of rotatable bonds is 3. The molecule has 2 fully saturated rings. The summed E-state index contributed by atoms with van der Waals surface area (Å²) in [4.78, 5) is 30.3. The Kier molecular flexibility index (Phi) is 3.45. The molecular formula is C16H16N2O4S. The molecule has 4 rings (SSSR count). The maximum absolute atomic E-state index is 12.8. The van der Waals surface area contributed by atoms with E-state index in [4.69, 9.17) is 4.42 Å². The number of carboxylic acid groups (broad SMARTS) is 1. The first-order valence-electron chi connectivity index (χ1n) is 7.67. The van der Waals surface area contributed by atoms with E-state index in [0.717, 1.165) is 24.8 Å². The number of carboxylic acids is 1. The van der Waals surface area contributed by atoms with Gasteiger partial charge in [0.1, 0.15) is 23.0 Å². The number of fused-ring (bicyclic) bond motifs is 1. The van der Waals surface area contributed by atoms with Crippen molar-refractivity contribution in [1.82, 2.24) is 9.88 Å². The van der Waals surface area contributed by atoms with E-state index in [1.54, 1.807) is 24.0 Å². The number of hydrogen-bond donors (Lipinski definition) is 1. The van der Waals surface area contributed by atoms with Crippen LogP contribution in [0.2, 0.25) is 0 Å². The molecule has 2 aliphatic rings. The maximum atomic E-state index is 12.8. The largest absolute Gasteiger partial charge is 0.480 e. The average molecular weight is 332 g/mol. The van der Waals surface area contributed by atoms with Crippen molar-refractivity contribution >= 4 is 23.2 Å². The van der Waals surface area contributed by atoms with Crippen molar-refractivity contribution in [3.05, 3.63) is 29.7 Å². The Bertz CT molecular complexity index is 739. The quantitative estimate of drug-likeness (QED) is 0.934. The van der Waals surface area contributed by atoms with Crippen LogP contribution in [0, 0.1) is 11.8 Å². The first-order valence-corrected chi connectivity index (χ1v) is 8.55. The molecule has 1 N–H and O–H groups in total. The van der Waals surface area contributed by atoms with Gasteiger partial charge in [0.05, 0.1) is 6.26 Å². The molecule has 120 valence electrons. The van der Waals surface area contributed by atoms with Crippen molar-refractivity contribution < 1.29 is 19.1 Å². The Morgan fingerprint density at radius 1 is 1.39 bits per heavy atom. The molecule has 0 bridgehead atoms. The lowest BCUT2D eigenvalue weighted by Gasteiger charge is -2.23. The molecule has 2 aromatic heterocycles. The average Bonchev–Trinajstić information content (AvgIpc) is 3.26. The Balaban J connectivity index is 1.60. The summed E-state index contributed by atoms with van der Waals surface area (Å²) in [6.45, 7) is 0.527. The van der Waals surface area contributed by atoms with Crippen LogP contribution < -0.4 is 0 Å². The number of likely N-dealkylation sites (tertiary alicyclic amines) is 1. The number of nitrogens with zero attached hydrogens (tertiary/aromatic N) is 2. The van der Waals surface area contributed by atoms with Crippen molar-refractivity contribution in [3.63, 3.8) is 0 Å². The number of carbonyl (C=O) groups excluding carboxylic acids is 1. The summed E-state index contributed by atoms with van der Waals surface area (Å²) in [6.07, 6.45) is 6.09. The number of thiazole rings is 1. The molecular weight excluding hydrogens is 316 g/mol. The highest BCUT2D eigenvalue weighted by molar-refractivity contribution is 7.13. The van der Waals surface area contributed by atoms with E-state index in [2.05, 4.69) is 4.98 Å². The van der Waals surface area contributed by atoms with Crippen LogP contribution in [0.15, 0.2) is 28.4 Å². The van der Waals surface area contributed by atoms with E-state index in [1.807, 2.05) is 0 Å². The fourth-order valence-electron chi connectivity index (χ4n) is 3.87. The third-order valence-electron chi connectivity index (χ3n) is 4.90. The van der Waals surface area contributed by atoms with Crippen molar-refractivity contribution in [1.29, 1.82) is 0 Å². The van der Waals surface area contributed by atoms with Crippen LogP contribution in [0.4, 0.5) is 0 Å². The molecule has 1 aliphatic carbocycles. The number of aliphatic carboxylic acids is 1. The van der Waals surface area contributed by atoms with E-state index >= 15 is 0 Å². The van der Waals surface area contributed by atoms with Gasteiger partial charge in [-0.3, -0.25) is 4.79 Å². The van der Waals surface area contributed by atoms with Gasteiger partial charge in [0.2, 0.25) is 0 Å². The molecule has 7 heteroatoms. The SMILES string of the molecule is O=C(O)C1C2CCCC2CN1C(=O)c1csc(-c2ccoc2)n1. The Morgan fingerprint density at radius 2 is 2.26 bits per heavy atom. The molecule has 3 atom stereocenters. The zero-order chi connectivity index (χ0) is 16.0. The number of furan rings is 1. The minimum atomic E-state index is -0.905. The van der Waals surface area contributed by atoms with Crippen molar-refractivity contribution in [2.24, 2.45) is 11.8 Å². The van der Waals surface area contributed by atoms with Gasteiger partial charge in [0.25, 0.3) is 5.91 Å². The topological polar surface area (TPSA) is 83.6 Å². The monoisotopic (exact) mass is 332 g/mol. The molecule has 3 heterocycles. The first kappa shape index (κ1) is 14.4. The van der Waals surface area contributed by atoms with Gasteiger partial charge in [-0.05, 0) is 30.7 Å². The second kappa shape index (κ2) is 5.49. The normalized spacial score (nSPS) is 26.4. The van der Waals surface area contributed by atoms with E-state index in [9.17, 15) is 14.7 Å². The van der Waals surface area contributed by atoms with E-state index in [-0.39, 0.29) is 11.8 Å². The molecule has 0 radical (unpaired) electrons. The van der Waals surface area contributed by atoms with Gasteiger partial charge in [0.15, 0.2) is 0 Å². The molecule has 1 saturated heterocycles. The molecule has 23 heavy (non-hydrogen) atoms. The summed E-state index contributed by atoms with van der Waals surface area (Å²) in [7, 11) is 0. The Labute approximate surface area is 136 Å². The Morgan fingerprint density at radius 3 is 3.00 bits per heavy atom. The fourth-order valence-corrected chi connectivity index (χ4v) is 4.65. The minimum absolute atomic E-state index is 0.0865. The molecule has 3 unspecified atom stereocenters. The Hall–Kier alpha value is -2.15. The molecule has 0 aromatic carbocycles. The van der Waals surface area contributed by atoms with Crippen LogP contribution in [0.25, 0.3) is 10.6 Å². The lowest BCUT2D eigenvalue weighted by molar-refractivity contribution is -0.142. The van der Waals surface area contributed by atoms with E-state index in [1.165, 1.54) is 16.2 Å². The van der Waals surface area contributed by atoms with Crippen LogP contribution in [0.1, 0.15) is 29.8 Å². The van der Waals surface area contributed by atoms with Gasteiger partial charge in [-0.2, -0.15) is 0 Å². The number of amides is 1. The van der Waals surface area contributed by atoms with Crippen LogP contribution in [0.5, 0.6) is 0 Å². The van der Waals surface area contributed by atoms with Gasteiger partial charge in [0, 0.05) is 17.5 Å². The smallest absolute Gasteiger partial charge is 0.326 e. The first-order chi connectivity index (χ1) is 11.1. The van der Waals surface area contributed by atoms with Crippen LogP contribution >= 0.6 is 11.3 Å². The zero-order valence-corrected chi connectivity index (χ0v) is 13.2. The third-order valence-corrected chi connectivity index (χ3v) is 5.79. The van der Waals surface area contributed by atoms with Gasteiger partial charge in [-0.15, -0.1) is 11.3 Å². The van der Waals surface area contributed by atoms with Gasteiger partial charge >= 0.3 is 5.97 Å². The summed E-state index contributed by atoms with van der Waals surface area (Å²) in [5.74, 6) is -0.786. The predicted octanol–water partition coefficient (Wildman–Crippen LogP) is 2.73. The highest BCUT2D eigenvalue weighted by Gasteiger charge is 2.49. The van der Waals surface area contributed by atoms with Crippen LogP contribution in [0.3, 0.4) is 0 Å². The van der Waals surface area contributed by atoms with Crippen molar-refractivity contribution in [2.75, 3.05) is 6.54 Å². The second-order valence-electron chi connectivity index (χ2n) is 6.15. The zero-order valence-electron chi connectivity index (χ0n) is 12.3. The van der Waals surface area contributed by atoms with Crippen LogP contribution in [-0.2, 0) is 4.79 Å². The number of aromatic nitrogens is 1. The highest BCUT2D eigenvalue weighted by Crippen LogP contribution is 2.42. The second-order valence-corrected chi connectivity index (χ2v) is 7.00. The number of hydrogen-bond acceptors (Lipinski definition) is 5. The van der Waals surface area contributed by atoms with E-state index < -0.39 is 12.0 Å². The predicted molar refractivity (Wildman–Crippen MR) is 83.1 cm³/mol. The summed E-state index contributed by atoms with van der Waals surface area (Å²) in [5.41, 5.74) is 1.14. The summed E-state index contributed by atoms with van der Waals surface area (Å²) in [5, 5.41) is 12.0. The van der Waals surface area contributed by atoms with Gasteiger partial charge in [-0.25, -0.2) is 9.78 Å². The molecule has 2 aromatic rings. The molecule has 1 amide bonds. The standard InChI is InChI=1S/C16H16N2O4S/c19-15(12-8-23-14(17-12)10-4-5-22-7-10)18-6-9-2-1-3-11(9)13(18)16(20)21/h4-5,7-9,11,13H,1-3,6H2,(H,20,21). The summed E-state index contributed by atoms with van der Waals surface area (Å²) < 4.78 is 5.03. The third kappa shape index (κ3) is 2.35. The minimum Gasteiger partial charge on any atom is -0.480 e. The summed E-state index contributed by atoms with van der Waals surface area (Å²) >= 11 is 1.36.